The maximum absolute atomic E-state index is 12.3. The van der Waals surface area contributed by atoms with E-state index in [9.17, 15) is 14.4 Å². The molecule has 144 valence electrons. The van der Waals surface area contributed by atoms with Gasteiger partial charge in [-0.1, -0.05) is 31.9 Å². The van der Waals surface area contributed by atoms with Crippen LogP contribution in [0.2, 0.25) is 0 Å². The van der Waals surface area contributed by atoms with Crippen molar-refractivity contribution >= 4 is 60.6 Å². The summed E-state index contributed by atoms with van der Waals surface area (Å²) in [5, 5.41) is 8.66. The first-order chi connectivity index (χ1) is 13.0. The van der Waals surface area contributed by atoms with Gasteiger partial charge in [0.2, 0.25) is 11.8 Å². The van der Waals surface area contributed by atoms with E-state index in [0.29, 0.717) is 33.8 Å². The van der Waals surface area contributed by atoms with Crippen LogP contribution >= 0.6 is 31.9 Å². The molecule has 0 aliphatic rings. The fourth-order valence-corrected chi connectivity index (χ4v) is 3.14. The molecule has 0 fully saturated rings. The molecular formula is C17H19Br2N5O3. The SMILES string of the molecule is CCNC(=O)CNC(=O)CNC(=O)c1ccc2nc(CBr)c(CBr)nc2c1. The van der Waals surface area contributed by atoms with Gasteiger partial charge in [0.25, 0.3) is 5.91 Å². The van der Waals surface area contributed by atoms with Crippen molar-refractivity contribution in [3.8, 4) is 0 Å². The second-order valence-corrected chi connectivity index (χ2v) is 6.62. The Morgan fingerprint density at radius 3 is 2.11 bits per heavy atom. The molecule has 0 bridgehead atoms. The summed E-state index contributed by atoms with van der Waals surface area (Å²) in [5.74, 6) is -1.13. The zero-order chi connectivity index (χ0) is 19.8. The normalized spacial score (nSPS) is 10.5. The summed E-state index contributed by atoms with van der Waals surface area (Å²) in [7, 11) is 0. The molecule has 2 aromatic rings. The molecule has 0 radical (unpaired) electrons. The number of likely N-dealkylation sites (N-methyl/N-ethyl adjacent to an activating group) is 1. The smallest absolute Gasteiger partial charge is 0.251 e. The summed E-state index contributed by atoms with van der Waals surface area (Å²) in [5.41, 5.74) is 3.29. The van der Waals surface area contributed by atoms with E-state index in [2.05, 4.69) is 57.8 Å². The third-order valence-corrected chi connectivity index (χ3v) is 4.63. The molecule has 2 rings (SSSR count). The maximum atomic E-state index is 12.3. The molecule has 0 saturated heterocycles. The average Bonchev–Trinajstić information content (AvgIpc) is 2.69. The van der Waals surface area contributed by atoms with Crippen molar-refractivity contribution in [1.82, 2.24) is 25.9 Å². The Kier molecular flexibility index (Phi) is 8.11. The van der Waals surface area contributed by atoms with Gasteiger partial charge in [-0.15, -0.1) is 0 Å². The summed E-state index contributed by atoms with van der Waals surface area (Å²) < 4.78 is 0. The monoisotopic (exact) mass is 499 g/mol. The maximum Gasteiger partial charge on any atom is 0.251 e. The highest BCUT2D eigenvalue weighted by molar-refractivity contribution is 9.09. The fourth-order valence-electron chi connectivity index (χ4n) is 2.25. The first-order valence-corrected chi connectivity index (χ1v) is 10.5. The van der Waals surface area contributed by atoms with Gasteiger partial charge in [-0.05, 0) is 25.1 Å². The van der Waals surface area contributed by atoms with Crippen LogP contribution in [0, 0.1) is 0 Å². The van der Waals surface area contributed by atoms with Gasteiger partial charge in [-0.25, -0.2) is 9.97 Å². The highest BCUT2D eigenvalue weighted by atomic mass is 79.9. The Hall–Kier alpha value is -2.07. The molecule has 1 aromatic carbocycles. The van der Waals surface area contributed by atoms with Gasteiger partial charge in [-0.3, -0.25) is 14.4 Å². The number of halogens is 2. The predicted molar refractivity (Wildman–Crippen MR) is 109 cm³/mol. The quantitative estimate of drug-likeness (QED) is 0.474. The zero-order valence-electron chi connectivity index (χ0n) is 14.6. The summed E-state index contributed by atoms with van der Waals surface area (Å²) >= 11 is 6.77. The summed E-state index contributed by atoms with van der Waals surface area (Å²) in [6.07, 6.45) is 0. The molecule has 0 saturated carbocycles. The Labute approximate surface area is 173 Å². The lowest BCUT2D eigenvalue weighted by Crippen LogP contribution is -2.41. The van der Waals surface area contributed by atoms with Crippen molar-refractivity contribution in [2.24, 2.45) is 0 Å². The minimum Gasteiger partial charge on any atom is -0.355 e. The highest BCUT2D eigenvalue weighted by Crippen LogP contribution is 2.18. The van der Waals surface area contributed by atoms with Crippen molar-refractivity contribution < 1.29 is 14.4 Å². The average molecular weight is 501 g/mol. The summed E-state index contributed by atoms with van der Waals surface area (Å²) in [4.78, 5) is 44.3. The Morgan fingerprint density at radius 1 is 0.889 bits per heavy atom. The van der Waals surface area contributed by atoms with Crippen LogP contribution in [0.25, 0.3) is 11.0 Å². The van der Waals surface area contributed by atoms with Crippen LogP contribution < -0.4 is 16.0 Å². The van der Waals surface area contributed by atoms with E-state index in [1.54, 1.807) is 25.1 Å². The molecule has 0 spiro atoms. The van der Waals surface area contributed by atoms with Crippen LogP contribution in [0.3, 0.4) is 0 Å². The predicted octanol–water partition coefficient (Wildman–Crippen LogP) is 1.40. The van der Waals surface area contributed by atoms with Crippen LogP contribution in [-0.2, 0) is 20.2 Å². The van der Waals surface area contributed by atoms with Crippen LogP contribution in [-0.4, -0.2) is 47.3 Å². The van der Waals surface area contributed by atoms with E-state index < -0.39 is 11.8 Å². The van der Waals surface area contributed by atoms with Gasteiger partial charge < -0.3 is 16.0 Å². The molecule has 0 aliphatic carbocycles. The third kappa shape index (κ3) is 5.96. The van der Waals surface area contributed by atoms with Crippen molar-refractivity contribution in [3.05, 3.63) is 35.2 Å². The van der Waals surface area contributed by atoms with E-state index in [1.165, 1.54) is 0 Å². The van der Waals surface area contributed by atoms with Crippen LogP contribution in [0.15, 0.2) is 18.2 Å². The summed E-state index contributed by atoms with van der Waals surface area (Å²) in [6.45, 7) is 1.93. The molecule has 8 nitrogen and oxygen atoms in total. The second kappa shape index (κ2) is 10.3. The van der Waals surface area contributed by atoms with Crippen molar-refractivity contribution in [2.45, 2.75) is 17.6 Å². The number of carbonyl (C=O) groups excluding carboxylic acids is 3. The molecule has 0 aliphatic heterocycles. The molecule has 0 atom stereocenters. The lowest BCUT2D eigenvalue weighted by atomic mass is 10.1. The Balaban J connectivity index is 2.00. The minimum absolute atomic E-state index is 0.126. The molecule has 3 amide bonds. The molecule has 27 heavy (non-hydrogen) atoms. The number of benzene rings is 1. The zero-order valence-corrected chi connectivity index (χ0v) is 17.8. The number of amides is 3. The summed E-state index contributed by atoms with van der Waals surface area (Å²) in [6, 6.07) is 4.98. The minimum atomic E-state index is -0.446. The Bertz CT molecular complexity index is 860. The topological polar surface area (TPSA) is 113 Å². The van der Waals surface area contributed by atoms with Gasteiger partial charge >= 0.3 is 0 Å². The molecular weight excluding hydrogens is 482 g/mol. The van der Waals surface area contributed by atoms with Gasteiger partial charge in [0.15, 0.2) is 0 Å². The number of alkyl halides is 2. The standard InChI is InChI=1S/C17H19Br2N5O3/c1-2-20-15(25)8-21-16(26)9-22-17(27)10-3-4-11-12(5-10)24-14(7-19)13(6-18)23-11/h3-5H,2,6-9H2,1H3,(H,20,25)(H,21,26)(H,22,27). The fraction of sp³-hybridized carbons (Fsp3) is 0.353. The largest absolute Gasteiger partial charge is 0.355 e. The molecule has 0 unspecified atom stereocenters. The molecule has 1 aromatic heterocycles. The van der Waals surface area contributed by atoms with E-state index >= 15 is 0 Å². The van der Waals surface area contributed by atoms with Gasteiger partial charge in [-0.2, -0.15) is 0 Å². The van der Waals surface area contributed by atoms with Gasteiger partial charge in [0, 0.05) is 22.8 Å². The van der Waals surface area contributed by atoms with Crippen LogP contribution in [0.5, 0.6) is 0 Å². The van der Waals surface area contributed by atoms with Crippen LogP contribution in [0.4, 0.5) is 0 Å². The number of hydrogen-bond acceptors (Lipinski definition) is 5. The number of nitrogens with one attached hydrogen (secondary N) is 3. The lowest BCUT2D eigenvalue weighted by molar-refractivity contribution is -0.125. The van der Waals surface area contributed by atoms with Crippen molar-refractivity contribution in [3.63, 3.8) is 0 Å². The van der Waals surface area contributed by atoms with E-state index in [1.807, 2.05) is 0 Å². The number of aromatic nitrogens is 2. The molecule has 1 heterocycles. The first-order valence-electron chi connectivity index (χ1n) is 8.21. The molecule has 10 heteroatoms. The van der Waals surface area contributed by atoms with E-state index in [4.69, 9.17) is 0 Å². The number of fused-ring (bicyclic) bond motifs is 1. The highest BCUT2D eigenvalue weighted by Gasteiger charge is 2.12. The number of hydrogen-bond donors (Lipinski definition) is 3. The Morgan fingerprint density at radius 2 is 1.48 bits per heavy atom. The first kappa shape index (κ1) is 21.2. The molecule has 3 N–H and O–H groups in total. The van der Waals surface area contributed by atoms with Crippen molar-refractivity contribution in [2.75, 3.05) is 19.6 Å². The number of nitrogens with zero attached hydrogens (tertiary/aromatic N) is 2. The lowest BCUT2D eigenvalue weighted by Gasteiger charge is -2.09. The van der Waals surface area contributed by atoms with Crippen molar-refractivity contribution in [1.29, 1.82) is 0 Å². The second-order valence-electron chi connectivity index (χ2n) is 5.50. The van der Waals surface area contributed by atoms with Gasteiger partial charge in [0.1, 0.15) is 0 Å². The van der Waals surface area contributed by atoms with Crippen LogP contribution in [0.1, 0.15) is 28.7 Å². The van der Waals surface area contributed by atoms with E-state index in [-0.39, 0.29) is 19.0 Å². The van der Waals surface area contributed by atoms with E-state index in [0.717, 1.165) is 11.4 Å². The third-order valence-electron chi connectivity index (χ3n) is 3.56. The number of carbonyl (C=O) groups is 3. The number of rotatable bonds is 8. The van der Waals surface area contributed by atoms with Gasteiger partial charge in [0.05, 0.1) is 35.5 Å².